The predicted octanol–water partition coefficient (Wildman–Crippen LogP) is 2.13. The molecule has 0 radical (unpaired) electrons. The molecule has 1 aliphatic heterocycles. The van der Waals surface area contributed by atoms with E-state index in [1.54, 1.807) is 13.3 Å². The largest absolute Gasteiger partial charge is 0.497 e. The summed E-state index contributed by atoms with van der Waals surface area (Å²) < 4.78 is 10.7. The highest BCUT2D eigenvalue weighted by atomic mass is 16.5. The number of benzene rings is 1. The van der Waals surface area contributed by atoms with Gasteiger partial charge in [0.15, 0.2) is 5.82 Å². The molecule has 7 heteroatoms. The first-order chi connectivity index (χ1) is 11.8. The van der Waals surface area contributed by atoms with Crippen LogP contribution in [-0.2, 0) is 11.2 Å². The third-order valence-electron chi connectivity index (χ3n) is 3.95. The molecule has 1 aliphatic rings. The molecule has 1 aromatic heterocycles. The van der Waals surface area contributed by atoms with Crippen LogP contribution in [0.4, 0.5) is 11.8 Å². The van der Waals surface area contributed by atoms with E-state index < -0.39 is 0 Å². The molecule has 1 unspecified atom stereocenters. The Kier molecular flexibility index (Phi) is 5.79. The monoisotopic (exact) mass is 329 g/mol. The highest BCUT2D eigenvalue weighted by Crippen LogP contribution is 2.13. The average molecular weight is 329 g/mol. The molecule has 128 valence electrons. The van der Waals surface area contributed by atoms with Gasteiger partial charge >= 0.3 is 0 Å². The van der Waals surface area contributed by atoms with Crippen LogP contribution in [0.25, 0.3) is 0 Å². The number of rotatable bonds is 8. The summed E-state index contributed by atoms with van der Waals surface area (Å²) in [4.78, 5) is 4.42. The molecule has 2 N–H and O–H groups in total. The van der Waals surface area contributed by atoms with Crippen LogP contribution in [0.3, 0.4) is 0 Å². The van der Waals surface area contributed by atoms with Crippen molar-refractivity contribution in [1.82, 2.24) is 15.2 Å². The molecule has 2 heterocycles. The first kappa shape index (κ1) is 16.4. The van der Waals surface area contributed by atoms with Gasteiger partial charge in [0.05, 0.1) is 19.4 Å². The van der Waals surface area contributed by atoms with E-state index in [4.69, 9.17) is 9.47 Å². The Morgan fingerprint density at radius 2 is 2.12 bits per heavy atom. The molecule has 0 aliphatic carbocycles. The van der Waals surface area contributed by atoms with Crippen LogP contribution in [0.15, 0.2) is 30.5 Å². The number of ether oxygens (including phenoxy) is 2. The van der Waals surface area contributed by atoms with E-state index in [2.05, 4.69) is 37.9 Å². The number of aromatic nitrogens is 3. The number of hydrogen-bond donors (Lipinski definition) is 2. The van der Waals surface area contributed by atoms with Crippen LogP contribution >= 0.6 is 0 Å². The zero-order valence-electron chi connectivity index (χ0n) is 13.9. The van der Waals surface area contributed by atoms with Crippen LogP contribution in [0.5, 0.6) is 5.75 Å². The van der Waals surface area contributed by atoms with Gasteiger partial charge in [0, 0.05) is 19.7 Å². The molecule has 3 rings (SSSR count). The van der Waals surface area contributed by atoms with Gasteiger partial charge in [-0.3, -0.25) is 0 Å². The zero-order chi connectivity index (χ0) is 16.6. The second-order valence-corrected chi connectivity index (χ2v) is 5.71. The molecule has 0 saturated carbocycles. The van der Waals surface area contributed by atoms with Gasteiger partial charge in [-0.1, -0.05) is 12.1 Å². The molecule has 0 spiro atoms. The number of nitrogens with one attached hydrogen (secondary N) is 2. The lowest BCUT2D eigenvalue weighted by Gasteiger charge is -2.11. The maximum atomic E-state index is 5.57. The standard InChI is InChI=1S/C17H23N5O2/c1-23-14-6-4-13(5-7-14)8-9-18-16-12-20-22-17(21-16)19-11-15-3-2-10-24-15/h4-7,12,15H,2-3,8-11H2,1H3,(H2,18,19,21,22). The van der Waals surface area contributed by atoms with E-state index >= 15 is 0 Å². The van der Waals surface area contributed by atoms with E-state index in [0.717, 1.165) is 44.7 Å². The Morgan fingerprint density at radius 3 is 2.88 bits per heavy atom. The fourth-order valence-corrected chi connectivity index (χ4v) is 2.60. The summed E-state index contributed by atoms with van der Waals surface area (Å²) in [7, 11) is 1.67. The summed E-state index contributed by atoms with van der Waals surface area (Å²) >= 11 is 0. The molecule has 2 aromatic rings. The average Bonchev–Trinajstić information content (AvgIpc) is 3.15. The fraction of sp³-hybridized carbons (Fsp3) is 0.471. The van der Waals surface area contributed by atoms with E-state index in [1.165, 1.54) is 5.56 Å². The quantitative estimate of drug-likeness (QED) is 0.768. The second-order valence-electron chi connectivity index (χ2n) is 5.71. The molecule has 24 heavy (non-hydrogen) atoms. The minimum atomic E-state index is 0.250. The van der Waals surface area contributed by atoms with Gasteiger partial charge in [-0.05, 0) is 37.0 Å². The van der Waals surface area contributed by atoms with Gasteiger partial charge in [-0.15, -0.1) is 5.10 Å². The zero-order valence-corrected chi connectivity index (χ0v) is 13.9. The smallest absolute Gasteiger partial charge is 0.244 e. The molecule has 1 fully saturated rings. The van der Waals surface area contributed by atoms with E-state index in [0.29, 0.717) is 11.8 Å². The first-order valence-electron chi connectivity index (χ1n) is 8.25. The maximum Gasteiger partial charge on any atom is 0.244 e. The molecule has 0 amide bonds. The lowest BCUT2D eigenvalue weighted by atomic mass is 10.1. The maximum absolute atomic E-state index is 5.57. The van der Waals surface area contributed by atoms with Crippen LogP contribution in [0.2, 0.25) is 0 Å². The summed E-state index contributed by atoms with van der Waals surface area (Å²) in [6.45, 7) is 2.34. The molecular formula is C17H23N5O2. The molecule has 1 saturated heterocycles. The van der Waals surface area contributed by atoms with Crippen molar-refractivity contribution in [3.8, 4) is 5.75 Å². The number of nitrogens with zero attached hydrogens (tertiary/aromatic N) is 3. The predicted molar refractivity (Wildman–Crippen MR) is 92.5 cm³/mol. The van der Waals surface area contributed by atoms with Crippen LogP contribution < -0.4 is 15.4 Å². The molecule has 7 nitrogen and oxygen atoms in total. The van der Waals surface area contributed by atoms with Crippen molar-refractivity contribution in [3.63, 3.8) is 0 Å². The molecular weight excluding hydrogens is 306 g/mol. The third-order valence-corrected chi connectivity index (χ3v) is 3.95. The molecule has 0 bridgehead atoms. The Bertz CT molecular complexity index is 629. The summed E-state index contributed by atoms with van der Waals surface area (Å²) in [5, 5.41) is 14.4. The summed E-state index contributed by atoms with van der Waals surface area (Å²) in [5.74, 6) is 2.11. The topological polar surface area (TPSA) is 81.2 Å². The normalized spacial score (nSPS) is 16.8. The van der Waals surface area contributed by atoms with Crippen LogP contribution in [-0.4, -0.2) is 48.1 Å². The van der Waals surface area contributed by atoms with Gasteiger partial charge in [-0.25, -0.2) is 0 Å². The van der Waals surface area contributed by atoms with Crippen LogP contribution in [0, 0.1) is 0 Å². The third kappa shape index (κ3) is 4.79. The van der Waals surface area contributed by atoms with E-state index in [9.17, 15) is 0 Å². The highest BCUT2D eigenvalue weighted by molar-refractivity contribution is 5.37. The minimum Gasteiger partial charge on any atom is -0.497 e. The van der Waals surface area contributed by atoms with Gasteiger partial charge in [0.25, 0.3) is 0 Å². The van der Waals surface area contributed by atoms with E-state index in [1.807, 2.05) is 12.1 Å². The number of hydrogen-bond acceptors (Lipinski definition) is 7. The van der Waals surface area contributed by atoms with Crippen molar-refractivity contribution < 1.29 is 9.47 Å². The van der Waals surface area contributed by atoms with Crippen molar-refractivity contribution in [2.75, 3.05) is 37.4 Å². The first-order valence-corrected chi connectivity index (χ1v) is 8.25. The van der Waals surface area contributed by atoms with Crippen LogP contribution in [0.1, 0.15) is 18.4 Å². The van der Waals surface area contributed by atoms with Gasteiger partial charge in [0.2, 0.25) is 5.95 Å². The van der Waals surface area contributed by atoms with Gasteiger partial charge < -0.3 is 20.1 Å². The Morgan fingerprint density at radius 1 is 1.25 bits per heavy atom. The van der Waals surface area contributed by atoms with E-state index in [-0.39, 0.29) is 6.10 Å². The van der Waals surface area contributed by atoms with Crippen molar-refractivity contribution >= 4 is 11.8 Å². The van der Waals surface area contributed by atoms with Crippen molar-refractivity contribution in [2.24, 2.45) is 0 Å². The SMILES string of the molecule is COc1ccc(CCNc2cnnc(NCC3CCCO3)n2)cc1. The minimum absolute atomic E-state index is 0.250. The molecule has 1 atom stereocenters. The highest BCUT2D eigenvalue weighted by Gasteiger charge is 2.15. The van der Waals surface area contributed by atoms with Gasteiger partial charge in [-0.2, -0.15) is 10.1 Å². The Balaban J connectivity index is 1.45. The summed E-state index contributed by atoms with van der Waals surface area (Å²) in [6.07, 6.45) is 4.98. The summed E-state index contributed by atoms with van der Waals surface area (Å²) in [5.41, 5.74) is 1.24. The van der Waals surface area contributed by atoms with Crippen molar-refractivity contribution in [2.45, 2.75) is 25.4 Å². The lowest BCUT2D eigenvalue weighted by Crippen LogP contribution is -2.20. The Hall–Kier alpha value is -2.41. The van der Waals surface area contributed by atoms with Crippen molar-refractivity contribution in [3.05, 3.63) is 36.0 Å². The fourth-order valence-electron chi connectivity index (χ4n) is 2.60. The second kappa shape index (κ2) is 8.44. The van der Waals surface area contributed by atoms with Gasteiger partial charge in [0.1, 0.15) is 5.75 Å². The van der Waals surface area contributed by atoms with Crippen molar-refractivity contribution in [1.29, 1.82) is 0 Å². The number of methoxy groups -OCH3 is 1. The summed E-state index contributed by atoms with van der Waals surface area (Å²) in [6, 6.07) is 8.06. The molecule has 1 aromatic carbocycles. The Labute approximate surface area is 141 Å². The number of anilines is 2. The lowest BCUT2D eigenvalue weighted by molar-refractivity contribution is 0.120.